The van der Waals surface area contributed by atoms with E-state index in [0.717, 1.165) is 24.0 Å². The fraction of sp³-hybridized carbons (Fsp3) is 0.538. The molecule has 1 aliphatic rings. The Bertz CT molecular complexity index is 348. The molecule has 0 aromatic heterocycles. The van der Waals surface area contributed by atoms with Crippen molar-refractivity contribution in [3.63, 3.8) is 0 Å². The molecule has 1 atom stereocenters. The van der Waals surface area contributed by atoms with Gasteiger partial charge in [-0.3, -0.25) is 0 Å². The van der Waals surface area contributed by atoms with Gasteiger partial charge in [0.2, 0.25) is 0 Å². The van der Waals surface area contributed by atoms with Crippen LogP contribution in [0.2, 0.25) is 0 Å². The molecule has 88 valence electrons. The minimum Gasteiger partial charge on any atom is -0.308 e. The lowest BCUT2D eigenvalue weighted by Gasteiger charge is -2.30. The number of rotatable bonds is 4. The molecule has 0 heterocycles. The third-order valence-electron chi connectivity index (χ3n) is 3.44. The SMILES string of the molecule is CNC(c1ccccc1C1CCC1)C(F)F. The summed E-state index contributed by atoms with van der Waals surface area (Å²) < 4.78 is 25.8. The van der Waals surface area contributed by atoms with Crippen LogP contribution in [0, 0.1) is 0 Å². The molecule has 1 unspecified atom stereocenters. The fourth-order valence-corrected chi connectivity index (χ4v) is 2.30. The Hall–Kier alpha value is -0.960. The predicted molar refractivity (Wildman–Crippen MR) is 60.8 cm³/mol. The van der Waals surface area contributed by atoms with Gasteiger partial charge in [0, 0.05) is 0 Å². The molecule has 0 saturated heterocycles. The normalized spacial score (nSPS) is 18.5. The Kier molecular flexibility index (Phi) is 3.54. The number of alkyl halides is 2. The molecule has 0 spiro atoms. The Morgan fingerprint density at radius 3 is 2.44 bits per heavy atom. The topological polar surface area (TPSA) is 12.0 Å². The van der Waals surface area contributed by atoms with Crippen LogP contribution in [-0.2, 0) is 0 Å². The van der Waals surface area contributed by atoms with E-state index in [1.807, 2.05) is 24.3 Å². The van der Waals surface area contributed by atoms with Gasteiger partial charge in [-0.15, -0.1) is 0 Å². The van der Waals surface area contributed by atoms with Gasteiger partial charge in [0.25, 0.3) is 6.43 Å². The summed E-state index contributed by atoms with van der Waals surface area (Å²) in [7, 11) is 1.59. The first-order valence-electron chi connectivity index (χ1n) is 5.78. The number of halogens is 2. The van der Waals surface area contributed by atoms with Gasteiger partial charge < -0.3 is 5.32 Å². The quantitative estimate of drug-likeness (QED) is 0.827. The summed E-state index contributed by atoms with van der Waals surface area (Å²) >= 11 is 0. The van der Waals surface area contributed by atoms with E-state index in [9.17, 15) is 8.78 Å². The second-order valence-electron chi connectivity index (χ2n) is 4.36. The second-order valence-corrected chi connectivity index (χ2v) is 4.36. The highest BCUT2D eigenvalue weighted by atomic mass is 19.3. The van der Waals surface area contributed by atoms with Crippen molar-refractivity contribution >= 4 is 0 Å². The molecule has 1 aromatic carbocycles. The zero-order chi connectivity index (χ0) is 11.5. The fourth-order valence-electron chi connectivity index (χ4n) is 2.30. The number of hydrogen-bond donors (Lipinski definition) is 1. The van der Waals surface area contributed by atoms with Crippen LogP contribution in [0.1, 0.15) is 42.3 Å². The lowest BCUT2D eigenvalue weighted by atomic mass is 9.77. The van der Waals surface area contributed by atoms with Gasteiger partial charge in [-0.05, 0) is 36.9 Å². The molecule has 0 aliphatic heterocycles. The van der Waals surface area contributed by atoms with Crippen LogP contribution < -0.4 is 5.32 Å². The van der Waals surface area contributed by atoms with E-state index in [1.54, 1.807) is 7.05 Å². The van der Waals surface area contributed by atoms with Crippen LogP contribution in [0.25, 0.3) is 0 Å². The molecular formula is C13H17F2N. The molecule has 1 nitrogen and oxygen atoms in total. The average Bonchev–Trinajstić information content (AvgIpc) is 2.18. The summed E-state index contributed by atoms with van der Waals surface area (Å²) in [6, 6.07) is 6.75. The standard InChI is InChI=1S/C13H17F2N/c1-16-12(13(14)15)11-8-3-2-7-10(11)9-5-4-6-9/h2-3,7-9,12-13,16H,4-6H2,1H3. The maximum atomic E-state index is 12.9. The molecule has 2 rings (SSSR count). The third kappa shape index (κ3) is 2.09. The van der Waals surface area contributed by atoms with Crippen molar-refractivity contribution in [2.45, 2.75) is 37.6 Å². The Morgan fingerprint density at radius 1 is 1.25 bits per heavy atom. The van der Waals surface area contributed by atoms with Gasteiger partial charge in [-0.1, -0.05) is 30.7 Å². The van der Waals surface area contributed by atoms with E-state index < -0.39 is 12.5 Å². The molecule has 1 aliphatic carbocycles. The van der Waals surface area contributed by atoms with Gasteiger partial charge in [0.1, 0.15) is 0 Å². The first-order chi connectivity index (χ1) is 7.74. The highest BCUT2D eigenvalue weighted by molar-refractivity contribution is 5.34. The van der Waals surface area contributed by atoms with Crippen molar-refractivity contribution < 1.29 is 8.78 Å². The highest BCUT2D eigenvalue weighted by Crippen LogP contribution is 2.40. The summed E-state index contributed by atoms with van der Waals surface area (Å²) in [4.78, 5) is 0. The second kappa shape index (κ2) is 4.91. The van der Waals surface area contributed by atoms with Gasteiger partial charge in [-0.25, -0.2) is 8.78 Å². The van der Waals surface area contributed by atoms with Crippen LogP contribution in [-0.4, -0.2) is 13.5 Å². The van der Waals surface area contributed by atoms with E-state index in [0.29, 0.717) is 5.92 Å². The van der Waals surface area contributed by atoms with Crippen molar-refractivity contribution in [1.82, 2.24) is 5.32 Å². The molecule has 1 fully saturated rings. The molecule has 0 amide bonds. The molecule has 1 N–H and O–H groups in total. The van der Waals surface area contributed by atoms with Crippen molar-refractivity contribution in [2.24, 2.45) is 0 Å². The van der Waals surface area contributed by atoms with Crippen molar-refractivity contribution in [3.8, 4) is 0 Å². The smallest absolute Gasteiger partial charge is 0.257 e. The summed E-state index contributed by atoms with van der Waals surface area (Å²) in [6.07, 6.45) is 1.14. The molecule has 0 radical (unpaired) electrons. The highest BCUT2D eigenvalue weighted by Gasteiger charge is 2.28. The summed E-state index contributed by atoms with van der Waals surface area (Å²) in [5, 5.41) is 2.71. The molecule has 0 bridgehead atoms. The van der Waals surface area contributed by atoms with Crippen LogP contribution in [0.3, 0.4) is 0 Å². The van der Waals surface area contributed by atoms with E-state index in [4.69, 9.17) is 0 Å². The minimum atomic E-state index is -2.36. The van der Waals surface area contributed by atoms with E-state index in [1.165, 1.54) is 6.42 Å². The van der Waals surface area contributed by atoms with Crippen LogP contribution >= 0.6 is 0 Å². The molecule has 16 heavy (non-hydrogen) atoms. The van der Waals surface area contributed by atoms with E-state index in [2.05, 4.69) is 5.32 Å². The van der Waals surface area contributed by atoms with Gasteiger partial charge >= 0.3 is 0 Å². The molecular weight excluding hydrogens is 208 g/mol. The predicted octanol–water partition coefficient (Wildman–Crippen LogP) is 3.48. The minimum absolute atomic E-state index is 0.491. The summed E-state index contributed by atoms with van der Waals surface area (Å²) in [5.41, 5.74) is 1.87. The third-order valence-corrected chi connectivity index (χ3v) is 3.44. The molecule has 1 saturated carbocycles. The first-order valence-corrected chi connectivity index (χ1v) is 5.78. The zero-order valence-electron chi connectivity index (χ0n) is 9.42. The molecule has 1 aromatic rings. The number of nitrogens with one attached hydrogen (secondary N) is 1. The average molecular weight is 225 g/mol. The van der Waals surface area contributed by atoms with Crippen LogP contribution in [0.5, 0.6) is 0 Å². The maximum Gasteiger partial charge on any atom is 0.257 e. The Balaban J connectivity index is 2.30. The summed E-state index contributed by atoms with van der Waals surface area (Å²) in [5.74, 6) is 0.491. The van der Waals surface area contributed by atoms with Gasteiger partial charge in [-0.2, -0.15) is 0 Å². The number of hydrogen-bond acceptors (Lipinski definition) is 1. The largest absolute Gasteiger partial charge is 0.308 e. The van der Waals surface area contributed by atoms with Crippen LogP contribution in [0.4, 0.5) is 8.78 Å². The Morgan fingerprint density at radius 2 is 1.94 bits per heavy atom. The molecule has 3 heteroatoms. The van der Waals surface area contributed by atoms with Crippen LogP contribution in [0.15, 0.2) is 24.3 Å². The van der Waals surface area contributed by atoms with Crippen molar-refractivity contribution in [2.75, 3.05) is 7.05 Å². The van der Waals surface area contributed by atoms with E-state index in [-0.39, 0.29) is 0 Å². The lowest BCUT2D eigenvalue weighted by molar-refractivity contribution is 0.101. The van der Waals surface area contributed by atoms with Gasteiger partial charge in [0.15, 0.2) is 0 Å². The maximum absolute atomic E-state index is 12.9. The zero-order valence-corrected chi connectivity index (χ0v) is 9.42. The first kappa shape index (κ1) is 11.5. The van der Waals surface area contributed by atoms with Crippen molar-refractivity contribution in [3.05, 3.63) is 35.4 Å². The summed E-state index contributed by atoms with van der Waals surface area (Å²) in [6.45, 7) is 0. The van der Waals surface area contributed by atoms with Crippen molar-refractivity contribution in [1.29, 1.82) is 0 Å². The lowest BCUT2D eigenvalue weighted by Crippen LogP contribution is -2.26. The van der Waals surface area contributed by atoms with E-state index >= 15 is 0 Å². The monoisotopic (exact) mass is 225 g/mol. The Labute approximate surface area is 94.9 Å². The van der Waals surface area contributed by atoms with Gasteiger partial charge in [0.05, 0.1) is 6.04 Å². The number of benzene rings is 1.